The molecule has 0 saturated heterocycles. The maximum atomic E-state index is 15.1. The zero-order valence-electron chi connectivity index (χ0n) is 20.6. The van der Waals surface area contributed by atoms with Gasteiger partial charge in [-0.05, 0) is 72.6 Å². The molecule has 4 atom stereocenters. The molecule has 184 valence electrons. The summed E-state index contributed by atoms with van der Waals surface area (Å²) >= 11 is 0. The van der Waals surface area contributed by atoms with Gasteiger partial charge >= 0.3 is 0 Å². The van der Waals surface area contributed by atoms with Crippen molar-refractivity contribution >= 4 is 11.6 Å². The standard InChI is InChI=1S/C29H30FN5O/c1-26-13-27(2)15-28(14-26,18-29(36,16-26)17-27)34-25-32-10-21(30)24(33-25)22-11-31-23-9-8-20(12-35(22)23)19-6-4-3-5-7-19/h3-12,36H,13-18H2,1-2H3,(H,32,33,34)/t26-,27+,28?,29?. The van der Waals surface area contributed by atoms with E-state index in [9.17, 15) is 5.11 Å². The van der Waals surface area contributed by atoms with Crippen molar-refractivity contribution in [2.45, 2.75) is 63.5 Å². The van der Waals surface area contributed by atoms with Crippen molar-refractivity contribution in [3.63, 3.8) is 0 Å². The van der Waals surface area contributed by atoms with Crippen LogP contribution in [0.1, 0.15) is 52.4 Å². The molecule has 0 radical (unpaired) electrons. The largest absolute Gasteiger partial charge is 0.390 e. The van der Waals surface area contributed by atoms with Gasteiger partial charge in [0.25, 0.3) is 0 Å². The predicted molar refractivity (Wildman–Crippen MR) is 137 cm³/mol. The molecule has 0 spiro atoms. The van der Waals surface area contributed by atoms with Crippen molar-refractivity contribution in [1.82, 2.24) is 19.4 Å². The summed E-state index contributed by atoms with van der Waals surface area (Å²) in [7, 11) is 0. The summed E-state index contributed by atoms with van der Waals surface area (Å²) in [6.45, 7) is 4.59. The lowest BCUT2D eigenvalue weighted by Crippen LogP contribution is -2.67. The van der Waals surface area contributed by atoms with Crippen LogP contribution in [0.4, 0.5) is 10.3 Å². The monoisotopic (exact) mass is 483 g/mol. The molecule has 3 heterocycles. The Morgan fingerprint density at radius 1 is 0.861 bits per heavy atom. The molecule has 4 aliphatic rings. The Labute approximate surface area is 209 Å². The van der Waals surface area contributed by atoms with E-state index in [2.05, 4.69) is 34.1 Å². The van der Waals surface area contributed by atoms with Crippen molar-refractivity contribution in [3.8, 4) is 22.5 Å². The fraction of sp³-hybridized carbons (Fsp3) is 0.414. The molecule has 2 unspecified atom stereocenters. The van der Waals surface area contributed by atoms with Crippen LogP contribution < -0.4 is 5.32 Å². The number of pyridine rings is 1. The molecule has 4 saturated carbocycles. The van der Waals surface area contributed by atoms with E-state index in [0.29, 0.717) is 18.1 Å². The number of hydrogen-bond donors (Lipinski definition) is 2. The van der Waals surface area contributed by atoms with Crippen molar-refractivity contribution in [2.24, 2.45) is 10.8 Å². The molecule has 4 aliphatic carbocycles. The first-order valence-electron chi connectivity index (χ1n) is 12.7. The lowest BCUT2D eigenvalue weighted by atomic mass is 9.41. The molecule has 6 nitrogen and oxygen atoms in total. The highest BCUT2D eigenvalue weighted by atomic mass is 19.1. The van der Waals surface area contributed by atoms with E-state index in [4.69, 9.17) is 0 Å². The van der Waals surface area contributed by atoms with Crippen LogP contribution in [-0.4, -0.2) is 35.6 Å². The van der Waals surface area contributed by atoms with E-state index in [-0.39, 0.29) is 22.1 Å². The number of rotatable bonds is 4. The van der Waals surface area contributed by atoms with E-state index in [1.807, 2.05) is 53.1 Å². The second-order valence-corrected chi connectivity index (χ2v) is 12.4. The smallest absolute Gasteiger partial charge is 0.223 e. The zero-order chi connectivity index (χ0) is 24.8. The Kier molecular flexibility index (Phi) is 4.34. The molecule has 2 N–H and O–H groups in total. The van der Waals surface area contributed by atoms with Gasteiger partial charge in [0.05, 0.1) is 23.7 Å². The summed E-state index contributed by atoms with van der Waals surface area (Å²) < 4.78 is 17.0. The Morgan fingerprint density at radius 3 is 2.33 bits per heavy atom. The number of aromatic nitrogens is 4. The van der Waals surface area contributed by atoms with Gasteiger partial charge < -0.3 is 10.4 Å². The fourth-order valence-electron chi connectivity index (χ4n) is 8.57. The maximum absolute atomic E-state index is 15.1. The first-order chi connectivity index (χ1) is 17.1. The number of fused-ring (bicyclic) bond motifs is 1. The predicted octanol–water partition coefficient (Wildman–Crippen LogP) is 5.87. The number of nitrogens with one attached hydrogen (secondary N) is 1. The summed E-state index contributed by atoms with van der Waals surface area (Å²) in [5, 5.41) is 15.0. The highest BCUT2D eigenvalue weighted by Crippen LogP contribution is 2.68. The summed E-state index contributed by atoms with van der Waals surface area (Å²) in [6.07, 6.45) is 10.3. The second kappa shape index (κ2) is 7.13. The highest BCUT2D eigenvalue weighted by molar-refractivity contribution is 5.68. The molecule has 8 rings (SSSR count). The van der Waals surface area contributed by atoms with Crippen molar-refractivity contribution in [3.05, 3.63) is 66.9 Å². The molecule has 7 heteroatoms. The second-order valence-electron chi connectivity index (χ2n) is 12.4. The summed E-state index contributed by atoms with van der Waals surface area (Å²) in [4.78, 5) is 13.5. The van der Waals surface area contributed by atoms with Gasteiger partial charge in [-0.25, -0.2) is 19.3 Å². The summed E-state index contributed by atoms with van der Waals surface area (Å²) in [5.41, 5.74) is 2.82. The Hall–Kier alpha value is -3.32. The van der Waals surface area contributed by atoms with Gasteiger partial charge in [0.1, 0.15) is 11.3 Å². The number of nitrogens with zero attached hydrogens (tertiary/aromatic N) is 4. The quantitative estimate of drug-likeness (QED) is 0.380. The third-order valence-electron chi connectivity index (χ3n) is 8.54. The normalized spacial score (nSPS) is 32.8. The Bertz CT molecular complexity index is 1440. The molecule has 36 heavy (non-hydrogen) atoms. The van der Waals surface area contributed by atoms with Gasteiger partial charge in [-0.3, -0.25) is 4.40 Å². The molecule has 4 bridgehead atoms. The molecule has 1 aromatic carbocycles. The number of benzene rings is 1. The lowest BCUT2D eigenvalue weighted by Gasteiger charge is -2.68. The van der Waals surface area contributed by atoms with Gasteiger partial charge in [-0.2, -0.15) is 0 Å². The number of imidazole rings is 1. The van der Waals surface area contributed by atoms with Crippen LogP contribution in [0.25, 0.3) is 28.2 Å². The number of halogens is 1. The number of aliphatic hydroxyl groups is 1. The molecular formula is C29H30FN5O. The SMILES string of the molecule is C[C@]12CC3(O)CC(Nc4ncc(F)c(-c5cnc6ccc(-c7ccccc7)cn56)n4)(C1)C[C@@](C)(C3)C2. The third kappa shape index (κ3) is 3.44. The van der Waals surface area contributed by atoms with Crippen LogP contribution in [0, 0.1) is 16.6 Å². The Morgan fingerprint density at radius 2 is 1.61 bits per heavy atom. The molecule has 0 amide bonds. The maximum Gasteiger partial charge on any atom is 0.223 e. The van der Waals surface area contributed by atoms with Crippen LogP contribution in [0.3, 0.4) is 0 Å². The van der Waals surface area contributed by atoms with Crippen LogP contribution in [0.5, 0.6) is 0 Å². The van der Waals surface area contributed by atoms with Crippen molar-refractivity contribution in [2.75, 3.05) is 5.32 Å². The molecule has 3 aromatic heterocycles. The van der Waals surface area contributed by atoms with E-state index in [1.54, 1.807) is 6.20 Å². The zero-order valence-corrected chi connectivity index (χ0v) is 20.6. The minimum Gasteiger partial charge on any atom is -0.390 e. The molecule has 0 aliphatic heterocycles. The van der Waals surface area contributed by atoms with E-state index in [0.717, 1.165) is 48.9 Å². The van der Waals surface area contributed by atoms with Gasteiger partial charge in [0.15, 0.2) is 5.82 Å². The van der Waals surface area contributed by atoms with Crippen molar-refractivity contribution in [1.29, 1.82) is 0 Å². The van der Waals surface area contributed by atoms with Gasteiger partial charge in [0.2, 0.25) is 5.95 Å². The minimum atomic E-state index is -0.663. The first kappa shape index (κ1) is 21.9. The van der Waals surface area contributed by atoms with Gasteiger partial charge in [-0.15, -0.1) is 0 Å². The van der Waals surface area contributed by atoms with Crippen molar-refractivity contribution < 1.29 is 9.50 Å². The molecular weight excluding hydrogens is 453 g/mol. The minimum absolute atomic E-state index is 0.0869. The van der Waals surface area contributed by atoms with E-state index >= 15 is 4.39 Å². The first-order valence-corrected chi connectivity index (χ1v) is 12.7. The highest BCUT2D eigenvalue weighted by Gasteiger charge is 2.65. The number of anilines is 1. The summed E-state index contributed by atoms with van der Waals surface area (Å²) in [5.74, 6) is -0.0890. The van der Waals surface area contributed by atoms with E-state index < -0.39 is 11.4 Å². The van der Waals surface area contributed by atoms with Crippen LogP contribution in [0.2, 0.25) is 0 Å². The fourth-order valence-corrected chi connectivity index (χ4v) is 8.57. The van der Waals surface area contributed by atoms with Gasteiger partial charge in [-0.1, -0.05) is 44.2 Å². The van der Waals surface area contributed by atoms with E-state index in [1.165, 1.54) is 6.20 Å². The van der Waals surface area contributed by atoms with Crippen LogP contribution >= 0.6 is 0 Å². The van der Waals surface area contributed by atoms with Gasteiger partial charge in [0, 0.05) is 11.7 Å². The molecule has 4 fully saturated rings. The average Bonchev–Trinajstić information content (AvgIpc) is 3.21. The Balaban J connectivity index is 1.27. The van der Waals surface area contributed by atoms with Crippen LogP contribution in [-0.2, 0) is 0 Å². The third-order valence-corrected chi connectivity index (χ3v) is 8.54. The topological polar surface area (TPSA) is 75.3 Å². The lowest BCUT2D eigenvalue weighted by molar-refractivity contribution is -0.192. The number of hydrogen-bond acceptors (Lipinski definition) is 5. The molecule has 4 aromatic rings. The average molecular weight is 484 g/mol. The summed E-state index contributed by atoms with van der Waals surface area (Å²) in [6, 6.07) is 14.0. The van der Waals surface area contributed by atoms with Crippen LogP contribution in [0.15, 0.2) is 61.1 Å².